The Hall–Kier alpha value is -1.69. The van der Waals surface area contributed by atoms with E-state index in [9.17, 15) is 18.7 Å². The molecule has 0 amide bonds. The molecule has 1 aromatic rings. The quantitative estimate of drug-likeness (QED) is 0.818. The maximum absolute atomic E-state index is 13.0. The molecule has 0 aromatic heterocycles. The van der Waals surface area contributed by atoms with Crippen LogP contribution in [0.5, 0.6) is 5.75 Å². The van der Waals surface area contributed by atoms with Crippen molar-refractivity contribution in [3.05, 3.63) is 29.8 Å². The number of aliphatic hydroxyl groups is 1. The van der Waals surface area contributed by atoms with E-state index >= 15 is 0 Å². The van der Waals surface area contributed by atoms with Gasteiger partial charge in [0.15, 0.2) is 17.2 Å². The summed E-state index contributed by atoms with van der Waals surface area (Å²) in [6, 6.07) is 2.52. The minimum atomic E-state index is -2.15. The highest BCUT2D eigenvalue weighted by Crippen LogP contribution is 2.19. The minimum Gasteiger partial charge on any atom is -0.487 e. The lowest BCUT2D eigenvalue weighted by Crippen LogP contribution is -2.41. The topological polar surface area (TPSA) is 66.8 Å². The lowest BCUT2D eigenvalue weighted by atomic mass is 10.1. The number of carboxylic acids is 1. The standard InChI is InChI=1S/C10H10F2O4/c1-10(15,9(13)14)5-16-8-4-6(11)2-3-7(8)12/h2-4,15H,5H2,1H3,(H,13,14). The van der Waals surface area contributed by atoms with Crippen molar-refractivity contribution in [2.24, 2.45) is 0 Å². The van der Waals surface area contributed by atoms with E-state index in [-0.39, 0.29) is 0 Å². The maximum Gasteiger partial charge on any atom is 0.339 e. The smallest absolute Gasteiger partial charge is 0.339 e. The molecule has 0 saturated carbocycles. The van der Waals surface area contributed by atoms with Gasteiger partial charge in [0.05, 0.1) is 0 Å². The summed E-state index contributed by atoms with van der Waals surface area (Å²) < 4.78 is 30.4. The predicted octanol–water partition coefficient (Wildman–Crippen LogP) is 1.18. The van der Waals surface area contributed by atoms with Gasteiger partial charge in [-0.3, -0.25) is 0 Å². The number of ether oxygens (including phenoxy) is 1. The first kappa shape index (κ1) is 12.4. The van der Waals surface area contributed by atoms with Crippen molar-refractivity contribution >= 4 is 5.97 Å². The van der Waals surface area contributed by atoms with E-state index in [4.69, 9.17) is 9.84 Å². The zero-order chi connectivity index (χ0) is 12.3. The van der Waals surface area contributed by atoms with Gasteiger partial charge >= 0.3 is 5.97 Å². The average Bonchev–Trinajstić information content (AvgIpc) is 2.19. The van der Waals surface area contributed by atoms with Crippen LogP contribution in [0.1, 0.15) is 6.92 Å². The molecule has 1 atom stereocenters. The Bertz CT molecular complexity index is 404. The van der Waals surface area contributed by atoms with Crippen molar-refractivity contribution in [2.45, 2.75) is 12.5 Å². The maximum atomic E-state index is 13.0. The minimum absolute atomic E-state index is 0.443. The first-order valence-corrected chi connectivity index (χ1v) is 4.36. The number of aliphatic carboxylic acids is 1. The number of hydrogen-bond donors (Lipinski definition) is 2. The molecule has 88 valence electrons. The van der Waals surface area contributed by atoms with E-state index in [1.54, 1.807) is 0 Å². The Labute approximate surface area is 90.1 Å². The van der Waals surface area contributed by atoms with Gasteiger partial charge in [-0.15, -0.1) is 0 Å². The highest BCUT2D eigenvalue weighted by molar-refractivity contribution is 5.76. The van der Waals surface area contributed by atoms with Crippen LogP contribution in [0.15, 0.2) is 18.2 Å². The summed E-state index contributed by atoms with van der Waals surface area (Å²) in [6.07, 6.45) is 0. The Morgan fingerprint density at radius 2 is 2.12 bits per heavy atom. The zero-order valence-corrected chi connectivity index (χ0v) is 8.41. The Morgan fingerprint density at radius 3 is 2.69 bits per heavy atom. The fraction of sp³-hybridized carbons (Fsp3) is 0.300. The molecule has 2 N–H and O–H groups in total. The number of rotatable bonds is 4. The van der Waals surface area contributed by atoms with E-state index in [2.05, 4.69) is 0 Å². The molecule has 0 aliphatic rings. The van der Waals surface area contributed by atoms with Crippen LogP contribution in [-0.2, 0) is 4.79 Å². The molecule has 0 aliphatic carbocycles. The molecule has 1 rings (SSSR count). The van der Waals surface area contributed by atoms with E-state index < -0.39 is 35.6 Å². The molecule has 1 aromatic carbocycles. The van der Waals surface area contributed by atoms with E-state index in [1.165, 1.54) is 0 Å². The van der Waals surface area contributed by atoms with E-state index in [0.717, 1.165) is 25.1 Å². The second-order valence-electron chi connectivity index (χ2n) is 3.44. The third kappa shape index (κ3) is 2.90. The van der Waals surface area contributed by atoms with Gasteiger partial charge in [-0.25, -0.2) is 13.6 Å². The van der Waals surface area contributed by atoms with Crippen molar-refractivity contribution in [1.29, 1.82) is 0 Å². The number of carbonyl (C=O) groups is 1. The van der Waals surface area contributed by atoms with Gasteiger partial charge < -0.3 is 14.9 Å². The Morgan fingerprint density at radius 1 is 1.50 bits per heavy atom. The van der Waals surface area contributed by atoms with Gasteiger partial charge in [0, 0.05) is 6.07 Å². The van der Waals surface area contributed by atoms with E-state index in [0.29, 0.717) is 0 Å². The SMILES string of the molecule is CC(O)(COc1cc(F)ccc1F)C(=O)O. The van der Waals surface area contributed by atoms with Crippen LogP contribution in [-0.4, -0.2) is 28.4 Å². The van der Waals surface area contributed by atoms with Crippen LogP contribution in [0.4, 0.5) is 8.78 Å². The normalized spacial score (nSPS) is 14.2. The fourth-order valence-electron chi connectivity index (χ4n) is 0.868. The van der Waals surface area contributed by atoms with Crippen LogP contribution >= 0.6 is 0 Å². The van der Waals surface area contributed by atoms with Crippen molar-refractivity contribution < 1.29 is 28.5 Å². The molecule has 0 saturated heterocycles. The third-order valence-corrected chi connectivity index (χ3v) is 1.86. The number of hydrogen-bond acceptors (Lipinski definition) is 3. The Kier molecular flexibility index (Phi) is 3.44. The molecule has 0 heterocycles. The molecule has 0 bridgehead atoms. The molecule has 0 radical (unpaired) electrons. The summed E-state index contributed by atoms with van der Waals surface area (Å²) in [5.74, 6) is -3.50. The monoisotopic (exact) mass is 232 g/mol. The number of halogens is 2. The first-order valence-electron chi connectivity index (χ1n) is 4.36. The first-order chi connectivity index (χ1) is 7.33. The van der Waals surface area contributed by atoms with Crippen molar-refractivity contribution in [1.82, 2.24) is 0 Å². The molecule has 0 fully saturated rings. The van der Waals surface area contributed by atoms with Crippen LogP contribution in [0.25, 0.3) is 0 Å². The molecule has 4 nitrogen and oxygen atoms in total. The molecule has 16 heavy (non-hydrogen) atoms. The molecule has 1 unspecified atom stereocenters. The second-order valence-corrected chi connectivity index (χ2v) is 3.44. The highest BCUT2D eigenvalue weighted by atomic mass is 19.1. The van der Waals surface area contributed by atoms with E-state index in [1.807, 2.05) is 0 Å². The van der Waals surface area contributed by atoms with Crippen molar-refractivity contribution in [3.8, 4) is 5.75 Å². The van der Waals surface area contributed by atoms with Gasteiger partial charge in [0.25, 0.3) is 0 Å². The number of carboxylic acid groups (broad SMARTS) is 1. The average molecular weight is 232 g/mol. The van der Waals surface area contributed by atoms with Crippen LogP contribution in [0, 0.1) is 11.6 Å². The summed E-state index contributed by atoms with van der Waals surface area (Å²) in [5.41, 5.74) is -2.15. The van der Waals surface area contributed by atoms with Crippen LogP contribution < -0.4 is 4.74 Å². The molecular formula is C10H10F2O4. The number of benzene rings is 1. The highest BCUT2D eigenvalue weighted by Gasteiger charge is 2.31. The van der Waals surface area contributed by atoms with Crippen molar-refractivity contribution in [3.63, 3.8) is 0 Å². The molecule has 0 aliphatic heterocycles. The van der Waals surface area contributed by atoms with Crippen molar-refractivity contribution in [2.75, 3.05) is 6.61 Å². The van der Waals surface area contributed by atoms with Crippen LogP contribution in [0.2, 0.25) is 0 Å². The fourth-order valence-corrected chi connectivity index (χ4v) is 0.868. The van der Waals surface area contributed by atoms with Gasteiger partial charge in [0.2, 0.25) is 0 Å². The van der Waals surface area contributed by atoms with Gasteiger partial charge in [-0.05, 0) is 19.1 Å². The van der Waals surface area contributed by atoms with Gasteiger partial charge in [-0.2, -0.15) is 0 Å². The molecular weight excluding hydrogens is 222 g/mol. The lowest BCUT2D eigenvalue weighted by molar-refractivity contribution is -0.159. The molecule has 0 spiro atoms. The third-order valence-electron chi connectivity index (χ3n) is 1.86. The summed E-state index contributed by atoms with van der Waals surface area (Å²) in [7, 11) is 0. The summed E-state index contributed by atoms with van der Waals surface area (Å²) in [4.78, 5) is 10.5. The second kappa shape index (κ2) is 4.44. The largest absolute Gasteiger partial charge is 0.487 e. The predicted molar refractivity (Wildman–Crippen MR) is 50.1 cm³/mol. The Balaban J connectivity index is 2.75. The zero-order valence-electron chi connectivity index (χ0n) is 8.41. The lowest BCUT2D eigenvalue weighted by Gasteiger charge is -2.18. The summed E-state index contributed by atoms with van der Waals surface area (Å²) in [5, 5.41) is 17.8. The summed E-state index contributed by atoms with van der Waals surface area (Å²) >= 11 is 0. The molecule has 6 heteroatoms. The van der Waals surface area contributed by atoms with Gasteiger partial charge in [-0.1, -0.05) is 0 Å². The van der Waals surface area contributed by atoms with Gasteiger partial charge in [0.1, 0.15) is 12.4 Å². The summed E-state index contributed by atoms with van der Waals surface area (Å²) in [6.45, 7) is 0.315. The van der Waals surface area contributed by atoms with Crippen LogP contribution in [0.3, 0.4) is 0 Å².